The number of nitrogens with zero attached hydrogens (tertiary/aromatic N) is 1. The van der Waals surface area contributed by atoms with Gasteiger partial charge in [0, 0.05) is 26.2 Å². The van der Waals surface area contributed by atoms with Crippen LogP contribution in [0.3, 0.4) is 0 Å². The first-order valence-corrected chi connectivity index (χ1v) is 7.45. The second-order valence-electron chi connectivity index (χ2n) is 5.46. The van der Waals surface area contributed by atoms with E-state index in [1.807, 2.05) is 12.1 Å². The van der Waals surface area contributed by atoms with Crippen LogP contribution in [0.15, 0.2) is 36.4 Å². The van der Waals surface area contributed by atoms with Gasteiger partial charge in [0.15, 0.2) is 0 Å². The van der Waals surface area contributed by atoms with E-state index in [2.05, 4.69) is 34.5 Å². The molecule has 0 unspecified atom stereocenters. The number of aliphatic hydroxyl groups excluding tert-OH is 1. The lowest BCUT2D eigenvalue weighted by Gasteiger charge is -2.34. The Labute approximate surface area is 137 Å². The summed E-state index contributed by atoms with van der Waals surface area (Å²) in [4.78, 5) is 2.35. The van der Waals surface area contributed by atoms with Crippen molar-refractivity contribution in [2.24, 2.45) is 0 Å². The van der Waals surface area contributed by atoms with Crippen molar-refractivity contribution in [2.75, 3.05) is 39.9 Å². The van der Waals surface area contributed by atoms with Gasteiger partial charge in [-0.1, -0.05) is 18.2 Å². The van der Waals surface area contributed by atoms with E-state index < -0.39 is 0 Å². The Hall–Kier alpha value is -1.33. The van der Waals surface area contributed by atoms with Gasteiger partial charge in [0.05, 0.1) is 19.8 Å². The second-order valence-corrected chi connectivity index (χ2v) is 5.46. The summed E-state index contributed by atoms with van der Waals surface area (Å²) in [5.74, 6) is 0.871. The highest BCUT2D eigenvalue weighted by molar-refractivity contribution is 5.85. The molecule has 1 saturated heterocycles. The summed E-state index contributed by atoms with van der Waals surface area (Å²) in [5, 5.41) is 15.5. The molecule has 0 bridgehead atoms. The average molecular weight is 323 g/mol. The number of halogens is 1. The van der Waals surface area contributed by atoms with Crippen molar-refractivity contribution in [1.82, 2.24) is 10.2 Å². The number of methoxy groups -OCH3 is 1. The van der Waals surface area contributed by atoms with Gasteiger partial charge in [-0.2, -0.15) is 0 Å². The van der Waals surface area contributed by atoms with Crippen LogP contribution in [0.1, 0.15) is 11.6 Å². The standard InChI is InChI=1S/C17H22N2O2.ClH/c1-21-16-5-4-13-10-15(3-2-14(13)11-16)17(12-20)19-8-6-18-7-9-19;/h2-5,10-11,17-18,20H,6-9,12H2,1H3;1H/t17-;/m1./s1. The minimum Gasteiger partial charge on any atom is -0.497 e. The lowest BCUT2D eigenvalue weighted by Crippen LogP contribution is -2.46. The molecule has 0 amide bonds. The van der Waals surface area contributed by atoms with Crippen molar-refractivity contribution in [1.29, 1.82) is 0 Å². The Morgan fingerprint density at radius 3 is 2.50 bits per heavy atom. The largest absolute Gasteiger partial charge is 0.497 e. The minimum atomic E-state index is 0. The number of aliphatic hydroxyl groups is 1. The summed E-state index contributed by atoms with van der Waals surface area (Å²) in [6.45, 7) is 4.09. The van der Waals surface area contributed by atoms with Gasteiger partial charge in [0.2, 0.25) is 0 Å². The highest BCUT2D eigenvalue weighted by atomic mass is 35.5. The van der Waals surface area contributed by atoms with Gasteiger partial charge in [-0.3, -0.25) is 4.90 Å². The molecule has 1 heterocycles. The molecule has 0 aromatic heterocycles. The molecule has 0 aliphatic carbocycles. The molecular formula is C17H23ClN2O2. The summed E-state index contributed by atoms with van der Waals surface area (Å²) < 4.78 is 5.26. The Morgan fingerprint density at radius 1 is 1.14 bits per heavy atom. The van der Waals surface area contributed by atoms with Gasteiger partial charge < -0.3 is 15.2 Å². The Balaban J connectivity index is 0.00000176. The van der Waals surface area contributed by atoms with Crippen molar-refractivity contribution in [2.45, 2.75) is 6.04 Å². The van der Waals surface area contributed by atoms with Gasteiger partial charge in [-0.05, 0) is 34.5 Å². The summed E-state index contributed by atoms with van der Waals surface area (Å²) >= 11 is 0. The van der Waals surface area contributed by atoms with Crippen LogP contribution in [0.2, 0.25) is 0 Å². The molecule has 22 heavy (non-hydrogen) atoms. The minimum absolute atomic E-state index is 0. The van der Waals surface area contributed by atoms with E-state index in [1.165, 1.54) is 10.9 Å². The zero-order valence-corrected chi connectivity index (χ0v) is 13.6. The Kier molecular flexibility index (Phi) is 6.03. The summed E-state index contributed by atoms with van der Waals surface area (Å²) in [5.41, 5.74) is 1.18. The molecule has 1 fully saturated rings. The third-order valence-corrected chi connectivity index (χ3v) is 4.22. The molecule has 2 aromatic carbocycles. The molecule has 2 aromatic rings. The monoisotopic (exact) mass is 322 g/mol. The second kappa shape index (κ2) is 7.79. The van der Waals surface area contributed by atoms with E-state index in [0.29, 0.717) is 0 Å². The first-order chi connectivity index (χ1) is 10.3. The van der Waals surface area contributed by atoms with Crippen LogP contribution < -0.4 is 10.1 Å². The van der Waals surface area contributed by atoms with Crippen molar-refractivity contribution in [3.05, 3.63) is 42.0 Å². The van der Waals surface area contributed by atoms with Crippen LogP contribution in [0.25, 0.3) is 10.8 Å². The predicted molar refractivity (Wildman–Crippen MR) is 92.0 cm³/mol. The van der Waals surface area contributed by atoms with E-state index in [4.69, 9.17) is 4.74 Å². The molecule has 0 saturated carbocycles. The van der Waals surface area contributed by atoms with Gasteiger partial charge in [0.25, 0.3) is 0 Å². The number of piperazine rings is 1. The number of fused-ring (bicyclic) bond motifs is 1. The molecule has 1 aliphatic heterocycles. The molecule has 1 atom stereocenters. The van der Waals surface area contributed by atoms with Crippen LogP contribution in [0.5, 0.6) is 5.75 Å². The first kappa shape index (κ1) is 17.0. The van der Waals surface area contributed by atoms with E-state index in [0.717, 1.165) is 37.3 Å². The zero-order chi connectivity index (χ0) is 14.7. The van der Waals surface area contributed by atoms with Gasteiger partial charge in [0.1, 0.15) is 5.75 Å². The van der Waals surface area contributed by atoms with Crippen molar-refractivity contribution < 1.29 is 9.84 Å². The third-order valence-electron chi connectivity index (χ3n) is 4.22. The zero-order valence-electron chi connectivity index (χ0n) is 12.8. The maximum Gasteiger partial charge on any atom is 0.119 e. The predicted octanol–water partition coefficient (Wildman–Crippen LogP) is 2.21. The lowest BCUT2D eigenvalue weighted by molar-refractivity contribution is 0.111. The fraction of sp³-hybridized carbons (Fsp3) is 0.412. The van der Waals surface area contributed by atoms with Crippen molar-refractivity contribution >= 4 is 23.2 Å². The average Bonchev–Trinajstić information content (AvgIpc) is 2.56. The summed E-state index contributed by atoms with van der Waals surface area (Å²) in [6, 6.07) is 12.6. The number of rotatable bonds is 4. The molecule has 4 nitrogen and oxygen atoms in total. The summed E-state index contributed by atoms with van der Waals surface area (Å²) in [6.07, 6.45) is 0. The molecule has 2 N–H and O–H groups in total. The van der Waals surface area contributed by atoms with E-state index in [-0.39, 0.29) is 25.1 Å². The van der Waals surface area contributed by atoms with Crippen molar-refractivity contribution in [3.8, 4) is 5.75 Å². The maximum absolute atomic E-state index is 9.80. The number of benzene rings is 2. The molecule has 120 valence electrons. The number of ether oxygens (including phenoxy) is 1. The SMILES string of the molecule is COc1ccc2cc([C@@H](CO)N3CCNCC3)ccc2c1.Cl. The van der Waals surface area contributed by atoms with Crippen LogP contribution in [-0.2, 0) is 0 Å². The topological polar surface area (TPSA) is 44.7 Å². The highest BCUT2D eigenvalue weighted by Gasteiger charge is 2.21. The van der Waals surface area contributed by atoms with Gasteiger partial charge in [-0.25, -0.2) is 0 Å². The molecule has 0 radical (unpaired) electrons. The van der Waals surface area contributed by atoms with Crippen LogP contribution in [0, 0.1) is 0 Å². The number of hydrogen-bond acceptors (Lipinski definition) is 4. The smallest absolute Gasteiger partial charge is 0.119 e. The van der Waals surface area contributed by atoms with Gasteiger partial charge >= 0.3 is 0 Å². The maximum atomic E-state index is 9.80. The number of hydrogen-bond donors (Lipinski definition) is 2. The molecule has 0 spiro atoms. The van der Waals surface area contributed by atoms with Crippen LogP contribution in [-0.4, -0.2) is 49.9 Å². The fourth-order valence-electron chi connectivity index (χ4n) is 3.00. The van der Waals surface area contributed by atoms with Gasteiger partial charge in [-0.15, -0.1) is 12.4 Å². The quantitative estimate of drug-likeness (QED) is 0.906. The first-order valence-electron chi connectivity index (χ1n) is 7.45. The third kappa shape index (κ3) is 3.52. The van der Waals surface area contributed by atoms with Crippen LogP contribution >= 0.6 is 12.4 Å². The Bertz CT molecular complexity index is 615. The molecule has 3 rings (SSSR count). The normalized spacial score (nSPS) is 17.0. The lowest BCUT2D eigenvalue weighted by atomic mass is 10.0. The van der Waals surface area contributed by atoms with E-state index in [9.17, 15) is 5.11 Å². The Morgan fingerprint density at radius 2 is 1.82 bits per heavy atom. The molecular weight excluding hydrogens is 300 g/mol. The van der Waals surface area contributed by atoms with E-state index in [1.54, 1.807) is 7.11 Å². The molecule has 1 aliphatic rings. The van der Waals surface area contributed by atoms with Crippen LogP contribution in [0.4, 0.5) is 0 Å². The highest BCUT2D eigenvalue weighted by Crippen LogP contribution is 2.27. The molecule has 5 heteroatoms. The number of nitrogens with one attached hydrogen (secondary N) is 1. The fourth-order valence-corrected chi connectivity index (χ4v) is 3.00. The van der Waals surface area contributed by atoms with Crippen molar-refractivity contribution in [3.63, 3.8) is 0 Å². The van der Waals surface area contributed by atoms with E-state index >= 15 is 0 Å². The summed E-state index contributed by atoms with van der Waals surface area (Å²) in [7, 11) is 1.68.